The van der Waals surface area contributed by atoms with Gasteiger partial charge in [-0.1, -0.05) is 29.3 Å². The molecule has 10 heteroatoms. The number of carbonyl (C=O) groups excluding carboxylic acids is 1. The molecule has 2 saturated heterocycles. The van der Waals surface area contributed by atoms with E-state index in [4.69, 9.17) is 27.9 Å². The van der Waals surface area contributed by atoms with Crippen molar-refractivity contribution in [2.24, 2.45) is 0 Å². The first-order valence-corrected chi connectivity index (χ1v) is 13.0. The second kappa shape index (κ2) is 8.50. The van der Waals surface area contributed by atoms with Gasteiger partial charge in [0.2, 0.25) is 10.0 Å². The fraction of sp³-hybridized carbons (Fsp3) is 0.435. The Morgan fingerprint density at radius 1 is 1.12 bits per heavy atom. The highest BCUT2D eigenvalue weighted by Crippen LogP contribution is 2.45. The average Bonchev–Trinajstić information content (AvgIpc) is 3.39. The standard InChI is InChI=1S/C23H23Cl2FN2O4S/c1-32-23(29)20-5-4-14(21(22(20)26)13-2-3-13)10-27-11-18-9-17(27)12-28(18)33(30,31)19-7-15(24)6-16(25)8-19/h4-8,13,17-18H,2-3,9-12H2,1H3/t17-,18-/m0/s1. The number of sulfonamides is 1. The largest absolute Gasteiger partial charge is 0.465 e. The minimum atomic E-state index is -3.72. The van der Waals surface area contributed by atoms with Crippen LogP contribution in [-0.2, 0) is 21.3 Å². The predicted octanol–water partition coefficient (Wildman–Crippen LogP) is 4.44. The number of nitrogens with zero attached hydrogens (tertiary/aromatic N) is 2. The number of rotatable bonds is 6. The molecule has 3 fully saturated rings. The molecule has 3 aliphatic rings. The van der Waals surface area contributed by atoms with Crippen molar-refractivity contribution in [1.29, 1.82) is 0 Å². The SMILES string of the molecule is COC(=O)c1ccc(CN2C[C@@H]3C[C@H]2CN3S(=O)(=O)c2cc(Cl)cc(Cl)c2)c(C2CC2)c1F. The first-order valence-electron chi connectivity index (χ1n) is 10.8. The Morgan fingerprint density at radius 3 is 2.39 bits per heavy atom. The van der Waals surface area contributed by atoms with Crippen molar-refractivity contribution < 1.29 is 22.3 Å². The molecule has 0 N–H and O–H groups in total. The van der Waals surface area contributed by atoms with Crippen molar-refractivity contribution in [2.45, 2.75) is 48.7 Å². The Hall–Kier alpha value is -1.71. The zero-order valence-electron chi connectivity index (χ0n) is 17.9. The summed E-state index contributed by atoms with van der Waals surface area (Å²) in [7, 11) is -2.48. The van der Waals surface area contributed by atoms with Crippen LogP contribution in [0.3, 0.4) is 0 Å². The number of carbonyl (C=O) groups is 1. The molecule has 5 rings (SSSR count). The number of fused-ring (bicyclic) bond motifs is 2. The summed E-state index contributed by atoms with van der Waals surface area (Å²) in [6.45, 7) is 1.43. The summed E-state index contributed by atoms with van der Waals surface area (Å²) in [6.07, 6.45) is 2.51. The van der Waals surface area contributed by atoms with E-state index < -0.39 is 21.8 Å². The topological polar surface area (TPSA) is 66.9 Å². The van der Waals surface area contributed by atoms with E-state index in [2.05, 4.69) is 4.90 Å². The van der Waals surface area contributed by atoms with Crippen LogP contribution in [0.5, 0.6) is 0 Å². The molecule has 0 aromatic heterocycles. The molecule has 0 amide bonds. The maximum absolute atomic E-state index is 15.2. The van der Waals surface area contributed by atoms with Gasteiger partial charge in [-0.2, -0.15) is 4.31 Å². The maximum Gasteiger partial charge on any atom is 0.340 e. The van der Waals surface area contributed by atoms with Crippen LogP contribution in [-0.4, -0.2) is 55.9 Å². The Kier molecular flexibility index (Phi) is 5.94. The van der Waals surface area contributed by atoms with Gasteiger partial charge in [-0.05, 0) is 60.6 Å². The Labute approximate surface area is 202 Å². The van der Waals surface area contributed by atoms with E-state index in [1.165, 1.54) is 35.7 Å². The van der Waals surface area contributed by atoms with Crippen LogP contribution < -0.4 is 0 Å². The fourth-order valence-electron chi connectivity index (χ4n) is 5.08. The summed E-state index contributed by atoms with van der Waals surface area (Å²) in [5.74, 6) is -1.05. The molecule has 6 nitrogen and oxygen atoms in total. The summed E-state index contributed by atoms with van der Waals surface area (Å²) in [4.78, 5) is 14.2. The van der Waals surface area contributed by atoms with Gasteiger partial charge in [0, 0.05) is 41.8 Å². The van der Waals surface area contributed by atoms with Crippen molar-refractivity contribution in [3.8, 4) is 0 Å². The maximum atomic E-state index is 15.2. The van der Waals surface area contributed by atoms with Gasteiger partial charge in [-0.15, -0.1) is 0 Å². The van der Waals surface area contributed by atoms with Gasteiger partial charge in [0.25, 0.3) is 0 Å². The summed E-state index contributed by atoms with van der Waals surface area (Å²) in [5, 5.41) is 0.550. The Morgan fingerprint density at radius 2 is 1.82 bits per heavy atom. The van der Waals surface area contributed by atoms with Gasteiger partial charge < -0.3 is 4.74 Å². The molecular weight excluding hydrogens is 490 g/mol. The lowest BCUT2D eigenvalue weighted by Gasteiger charge is -2.34. The zero-order chi connectivity index (χ0) is 23.5. The smallest absolute Gasteiger partial charge is 0.340 e. The summed E-state index contributed by atoms with van der Waals surface area (Å²) < 4.78 is 47.8. The number of methoxy groups -OCH3 is 1. The van der Waals surface area contributed by atoms with E-state index in [1.54, 1.807) is 6.07 Å². The minimum Gasteiger partial charge on any atom is -0.465 e. The summed E-state index contributed by atoms with van der Waals surface area (Å²) in [6, 6.07) is 7.49. The monoisotopic (exact) mass is 512 g/mol. The number of halogens is 3. The Balaban J connectivity index is 1.35. The van der Waals surface area contributed by atoms with Crippen LogP contribution in [0.25, 0.3) is 0 Å². The number of benzene rings is 2. The molecule has 33 heavy (non-hydrogen) atoms. The molecular formula is C23H23Cl2FN2O4S. The van der Waals surface area contributed by atoms with Gasteiger partial charge in [0.05, 0.1) is 17.6 Å². The molecule has 0 radical (unpaired) electrons. The van der Waals surface area contributed by atoms with Crippen molar-refractivity contribution in [1.82, 2.24) is 9.21 Å². The molecule has 2 atom stereocenters. The Bertz CT molecular complexity index is 1210. The lowest BCUT2D eigenvalue weighted by molar-refractivity contribution is 0.0595. The van der Waals surface area contributed by atoms with Crippen molar-refractivity contribution in [3.63, 3.8) is 0 Å². The van der Waals surface area contributed by atoms with E-state index in [1.807, 2.05) is 0 Å². The van der Waals surface area contributed by atoms with Crippen LogP contribution in [0.2, 0.25) is 10.0 Å². The predicted molar refractivity (Wildman–Crippen MR) is 123 cm³/mol. The molecule has 1 saturated carbocycles. The molecule has 176 valence electrons. The summed E-state index contributed by atoms with van der Waals surface area (Å²) >= 11 is 12.0. The van der Waals surface area contributed by atoms with Crippen LogP contribution >= 0.6 is 23.2 Å². The van der Waals surface area contributed by atoms with Crippen molar-refractivity contribution >= 4 is 39.2 Å². The van der Waals surface area contributed by atoms with Gasteiger partial charge in [-0.25, -0.2) is 17.6 Å². The van der Waals surface area contributed by atoms with E-state index >= 15 is 4.39 Å². The van der Waals surface area contributed by atoms with Gasteiger partial charge in [0.15, 0.2) is 0 Å². The number of hydrogen-bond donors (Lipinski definition) is 0. The molecule has 1 aliphatic carbocycles. The van der Waals surface area contributed by atoms with Crippen molar-refractivity contribution in [2.75, 3.05) is 20.2 Å². The highest BCUT2D eigenvalue weighted by Gasteiger charge is 2.48. The highest BCUT2D eigenvalue weighted by molar-refractivity contribution is 7.89. The average molecular weight is 513 g/mol. The van der Waals surface area contributed by atoms with Crippen LogP contribution in [0.4, 0.5) is 4.39 Å². The molecule has 2 aromatic rings. The van der Waals surface area contributed by atoms with Crippen LogP contribution in [0.15, 0.2) is 35.2 Å². The first kappa shape index (κ1) is 23.1. The van der Waals surface area contributed by atoms with Gasteiger partial charge in [-0.3, -0.25) is 4.90 Å². The van der Waals surface area contributed by atoms with E-state index in [0.29, 0.717) is 25.2 Å². The lowest BCUT2D eigenvalue weighted by atomic mass is 9.98. The number of likely N-dealkylation sites (tertiary alicyclic amines) is 1. The summed E-state index contributed by atoms with van der Waals surface area (Å²) in [5.41, 5.74) is 1.41. The van der Waals surface area contributed by atoms with E-state index in [0.717, 1.165) is 24.8 Å². The number of piperazine rings is 1. The van der Waals surface area contributed by atoms with Crippen LogP contribution in [0.1, 0.15) is 46.7 Å². The van der Waals surface area contributed by atoms with Gasteiger partial charge >= 0.3 is 5.97 Å². The first-order chi connectivity index (χ1) is 15.7. The third kappa shape index (κ3) is 4.17. The molecule has 2 heterocycles. The van der Waals surface area contributed by atoms with E-state index in [-0.39, 0.29) is 38.5 Å². The third-order valence-electron chi connectivity index (χ3n) is 6.78. The van der Waals surface area contributed by atoms with Gasteiger partial charge in [0.1, 0.15) is 5.82 Å². The number of ether oxygens (including phenoxy) is 1. The molecule has 2 aromatic carbocycles. The van der Waals surface area contributed by atoms with E-state index in [9.17, 15) is 13.2 Å². The molecule has 2 aliphatic heterocycles. The second-order valence-electron chi connectivity index (χ2n) is 8.92. The molecule has 2 bridgehead atoms. The lowest BCUT2D eigenvalue weighted by Crippen LogP contribution is -2.48. The van der Waals surface area contributed by atoms with Crippen LogP contribution in [0, 0.1) is 5.82 Å². The zero-order valence-corrected chi connectivity index (χ0v) is 20.3. The normalized spacial score (nSPS) is 23.3. The van der Waals surface area contributed by atoms with Crippen molar-refractivity contribution in [3.05, 3.63) is 62.9 Å². The quantitative estimate of drug-likeness (QED) is 0.535. The number of hydrogen-bond acceptors (Lipinski definition) is 5. The highest BCUT2D eigenvalue weighted by atomic mass is 35.5. The third-order valence-corrected chi connectivity index (χ3v) is 9.11. The molecule has 0 spiro atoms. The minimum absolute atomic E-state index is 0.0369. The second-order valence-corrected chi connectivity index (χ2v) is 11.7. The number of esters is 1. The fourth-order valence-corrected chi connectivity index (χ4v) is 7.48. The molecule has 0 unspecified atom stereocenters.